The summed E-state index contributed by atoms with van der Waals surface area (Å²) in [6.07, 6.45) is 4.66. The van der Waals surface area contributed by atoms with E-state index in [1.54, 1.807) is 25.1 Å². The second-order valence-corrected chi connectivity index (χ2v) is 3.49. The van der Waals surface area contributed by atoms with Crippen molar-refractivity contribution in [3.05, 3.63) is 39.7 Å². The van der Waals surface area contributed by atoms with E-state index in [9.17, 15) is 14.9 Å². The number of rotatable bonds is 4. The maximum absolute atomic E-state index is 10.6. The van der Waals surface area contributed by atoms with Crippen LogP contribution in [-0.4, -0.2) is 22.4 Å². The van der Waals surface area contributed by atoms with Crippen molar-refractivity contribution >= 4 is 17.7 Å². The van der Waals surface area contributed by atoms with Gasteiger partial charge in [-0.15, -0.1) is 0 Å². The zero-order valence-corrected chi connectivity index (χ0v) is 9.64. The molecule has 6 nitrogen and oxygen atoms in total. The summed E-state index contributed by atoms with van der Waals surface area (Å²) in [5.74, 6) is -0.109. The summed E-state index contributed by atoms with van der Waals surface area (Å²) in [7, 11) is 0. The van der Waals surface area contributed by atoms with Gasteiger partial charge in [-0.3, -0.25) is 14.9 Å². The van der Waals surface area contributed by atoms with E-state index in [1.165, 1.54) is 13.1 Å². The molecule has 1 aromatic heterocycles. The predicted molar refractivity (Wildman–Crippen MR) is 63.3 cm³/mol. The van der Waals surface area contributed by atoms with Crippen LogP contribution in [0.2, 0.25) is 0 Å². The third-order valence-corrected chi connectivity index (χ3v) is 2.06. The van der Waals surface area contributed by atoms with Crippen molar-refractivity contribution in [1.82, 2.24) is 10.3 Å². The first-order valence-corrected chi connectivity index (χ1v) is 5.02. The molecule has 1 aromatic rings. The van der Waals surface area contributed by atoms with Gasteiger partial charge >= 0.3 is 0 Å². The van der Waals surface area contributed by atoms with Gasteiger partial charge in [0.15, 0.2) is 0 Å². The minimum absolute atomic E-state index is 0.00371. The van der Waals surface area contributed by atoms with Gasteiger partial charge in [0.05, 0.1) is 10.6 Å². The first-order valence-electron chi connectivity index (χ1n) is 5.02. The number of pyridine rings is 1. The Morgan fingerprint density at radius 1 is 1.65 bits per heavy atom. The van der Waals surface area contributed by atoms with Crippen LogP contribution < -0.4 is 5.32 Å². The maximum atomic E-state index is 10.6. The average molecular weight is 235 g/mol. The first kappa shape index (κ1) is 12.8. The van der Waals surface area contributed by atoms with Crippen molar-refractivity contribution in [3.8, 4) is 0 Å². The molecule has 0 spiro atoms. The topological polar surface area (TPSA) is 85.1 Å². The molecule has 1 N–H and O–H groups in total. The number of carbonyl (C=O) groups excluding carboxylic acids is 1. The highest BCUT2D eigenvalue weighted by molar-refractivity contribution is 5.73. The Bertz CT molecular complexity index is 469. The summed E-state index contributed by atoms with van der Waals surface area (Å²) < 4.78 is 0. The van der Waals surface area contributed by atoms with Crippen molar-refractivity contribution in [3.63, 3.8) is 0 Å². The number of nitro groups is 1. The van der Waals surface area contributed by atoms with Gasteiger partial charge in [0.1, 0.15) is 6.20 Å². The van der Waals surface area contributed by atoms with Gasteiger partial charge in [-0.1, -0.05) is 6.08 Å². The smallest absolute Gasteiger partial charge is 0.290 e. The van der Waals surface area contributed by atoms with E-state index in [2.05, 4.69) is 10.3 Å². The third kappa shape index (κ3) is 4.02. The number of nitrogens with one attached hydrogen (secondary N) is 1. The lowest BCUT2D eigenvalue weighted by Crippen LogP contribution is -2.19. The molecule has 0 saturated carbocycles. The van der Waals surface area contributed by atoms with Crippen molar-refractivity contribution in [1.29, 1.82) is 0 Å². The second-order valence-electron chi connectivity index (χ2n) is 3.49. The van der Waals surface area contributed by atoms with Gasteiger partial charge in [-0.2, -0.15) is 0 Å². The summed E-state index contributed by atoms with van der Waals surface area (Å²) in [6, 6.07) is 1.63. The van der Waals surface area contributed by atoms with E-state index in [1.807, 2.05) is 0 Å². The molecule has 0 aliphatic heterocycles. The summed E-state index contributed by atoms with van der Waals surface area (Å²) >= 11 is 0. The molecule has 0 aromatic carbocycles. The van der Waals surface area contributed by atoms with E-state index in [-0.39, 0.29) is 11.6 Å². The molecule has 1 amide bonds. The molecule has 0 atom stereocenters. The third-order valence-electron chi connectivity index (χ3n) is 2.06. The Labute approximate surface area is 98.5 Å². The van der Waals surface area contributed by atoms with Crippen LogP contribution in [0.15, 0.2) is 18.3 Å². The van der Waals surface area contributed by atoms with Crippen molar-refractivity contribution < 1.29 is 9.72 Å². The lowest BCUT2D eigenvalue weighted by Gasteiger charge is -1.98. The molecule has 1 heterocycles. The average Bonchev–Trinajstić information content (AvgIpc) is 2.23. The molecular formula is C11H13N3O3. The second kappa shape index (κ2) is 5.74. The SMILES string of the molecule is CC(=O)NCC=Cc1cc(C)c([N+](=O)[O-])cn1. The molecule has 0 bridgehead atoms. The summed E-state index contributed by atoms with van der Waals surface area (Å²) in [6.45, 7) is 3.50. The lowest BCUT2D eigenvalue weighted by molar-refractivity contribution is -0.385. The highest BCUT2D eigenvalue weighted by atomic mass is 16.6. The molecule has 0 aliphatic carbocycles. The van der Waals surface area contributed by atoms with Crippen LogP contribution in [0, 0.1) is 17.0 Å². The molecule has 17 heavy (non-hydrogen) atoms. The van der Waals surface area contributed by atoms with Gasteiger partial charge in [-0.05, 0) is 19.1 Å². The van der Waals surface area contributed by atoms with Crippen LogP contribution >= 0.6 is 0 Å². The molecule has 0 saturated heterocycles. The van der Waals surface area contributed by atoms with Crippen LogP contribution in [0.1, 0.15) is 18.2 Å². The number of amides is 1. The summed E-state index contributed by atoms with van der Waals surface area (Å²) in [5, 5.41) is 13.2. The van der Waals surface area contributed by atoms with E-state index in [0.717, 1.165) is 0 Å². The Balaban J connectivity index is 2.70. The number of aromatic nitrogens is 1. The van der Waals surface area contributed by atoms with Crippen molar-refractivity contribution in [2.75, 3.05) is 6.54 Å². The number of hydrogen-bond acceptors (Lipinski definition) is 4. The lowest BCUT2D eigenvalue weighted by atomic mass is 10.2. The van der Waals surface area contributed by atoms with E-state index < -0.39 is 4.92 Å². The Morgan fingerprint density at radius 2 is 2.35 bits per heavy atom. The maximum Gasteiger partial charge on any atom is 0.290 e. The zero-order chi connectivity index (χ0) is 12.8. The van der Waals surface area contributed by atoms with E-state index >= 15 is 0 Å². The molecular weight excluding hydrogens is 222 g/mol. The van der Waals surface area contributed by atoms with Gasteiger partial charge in [0.2, 0.25) is 5.91 Å². The van der Waals surface area contributed by atoms with Gasteiger partial charge in [-0.25, -0.2) is 4.98 Å². The fourth-order valence-corrected chi connectivity index (χ4v) is 1.24. The molecule has 0 radical (unpaired) electrons. The predicted octanol–water partition coefficient (Wildman–Crippen LogP) is 1.45. The molecule has 1 rings (SSSR count). The van der Waals surface area contributed by atoms with Crippen LogP contribution in [0.5, 0.6) is 0 Å². The largest absolute Gasteiger partial charge is 0.353 e. The van der Waals surface area contributed by atoms with Gasteiger partial charge in [0, 0.05) is 19.0 Å². The standard InChI is InChI=1S/C11H13N3O3/c1-8-6-10(4-3-5-12-9(2)15)13-7-11(8)14(16)17/h3-4,6-7H,5H2,1-2H3,(H,12,15). The zero-order valence-electron chi connectivity index (χ0n) is 9.64. The van der Waals surface area contributed by atoms with Gasteiger partial charge in [0.25, 0.3) is 5.69 Å². The van der Waals surface area contributed by atoms with Gasteiger partial charge < -0.3 is 5.32 Å². The Kier molecular flexibility index (Phi) is 4.33. The van der Waals surface area contributed by atoms with E-state index in [0.29, 0.717) is 17.8 Å². The number of hydrogen-bond donors (Lipinski definition) is 1. The first-order chi connectivity index (χ1) is 8.00. The van der Waals surface area contributed by atoms with Crippen LogP contribution in [-0.2, 0) is 4.79 Å². The Morgan fingerprint density at radius 3 is 2.88 bits per heavy atom. The summed E-state index contributed by atoms with van der Waals surface area (Å²) in [4.78, 5) is 24.6. The molecule has 0 aliphatic rings. The minimum atomic E-state index is -0.465. The number of aryl methyl sites for hydroxylation is 1. The highest BCUT2D eigenvalue weighted by Crippen LogP contribution is 2.16. The monoisotopic (exact) mass is 235 g/mol. The van der Waals surface area contributed by atoms with Crippen LogP contribution in [0.4, 0.5) is 5.69 Å². The van der Waals surface area contributed by atoms with Crippen LogP contribution in [0.3, 0.4) is 0 Å². The highest BCUT2D eigenvalue weighted by Gasteiger charge is 2.09. The summed E-state index contributed by atoms with van der Waals surface area (Å²) in [5.41, 5.74) is 1.19. The number of nitrogens with zero attached hydrogens (tertiary/aromatic N) is 2. The molecule has 90 valence electrons. The fourth-order valence-electron chi connectivity index (χ4n) is 1.24. The number of carbonyl (C=O) groups is 1. The normalized spacial score (nSPS) is 10.5. The fraction of sp³-hybridized carbons (Fsp3) is 0.273. The quantitative estimate of drug-likeness (QED) is 0.632. The van der Waals surface area contributed by atoms with E-state index in [4.69, 9.17) is 0 Å². The van der Waals surface area contributed by atoms with Crippen molar-refractivity contribution in [2.45, 2.75) is 13.8 Å². The molecule has 0 unspecified atom stereocenters. The molecule has 0 fully saturated rings. The Hall–Kier alpha value is -2.24. The molecule has 6 heteroatoms. The minimum Gasteiger partial charge on any atom is -0.353 e. The van der Waals surface area contributed by atoms with Crippen LogP contribution in [0.25, 0.3) is 6.08 Å². The van der Waals surface area contributed by atoms with Crippen molar-refractivity contribution in [2.24, 2.45) is 0 Å².